The number of halogens is 1. The van der Waals surface area contributed by atoms with E-state index in [0.717, 1.165) is 45.5 Å². The Labute approximate surface area is 84.5 Å². The number of ether oxygens (including phenoxy) is 2. The van der Waals surface area contributed by atoms with Crippen LogP contribution < -0.4 is 0 Å². The highest BCUT2D eigenvalue weighted by atomic mass is 35.5. The van der Waals surface area contributed by atoms with E-state index in [-0.39, 0.29) is 0 Å². The molecule has 0 aromatic carbocycles. The summed E-state index contributed by atoms with van der Waals surface area (Å²) in [5.74, 6) is 0.690. The molecule has 0 radical (unpaired) electrons. The zero-order chi connectivity index (χ0) is 9.10. The maximum atomic E-state index is 6.12. The first-order chi connectivity index (χ1) is 6.36. The molecule has 0 N–H and O–H groups in total. The van der Waals surface area contributed by atoms with E-state index in [4.69, 9.17) is 21.1 Å². The Morgan fingerprint density at radius 2 is 1.77 bits per heavy atom. The third-order valence-electron chi connectivity index (χ3n) is 3.04. The standard InChI is InChI=1S/C10H17ClO2/c11-9-3-6-13-10(7-9)8-1-4-12-5-2-8/h8-10H,1-7H2. The van der Waals surface area contributed by atoms with E-state index in [1.165, 1.54) is 0 Å². The van der Waals surface area contributed by atoms with Crippen molar-refractivity contribution in [2.45, 2.75) is 37.2 Å². The Balaban J connectivity index is 1.83. The van der Waals surface area contributed by atoms with Gasteiger partial charge in [0, 0.05) is 25.2 Å². The van der Waals surface area contributed by atoms with Crippen molar-refractivity contribution in [1.29, 1.82) is 0 Å². The highest BCUT2D eigenvalue weighted by Crippen LogP contribution is 2.29. The van der Waals surface area contributed by atoms with Crippen LogP contribution in [0.4, 0.5) is 0 Å². The van der Waals surface area contributed by atoms with E-state index in [1.54, 1.807) is 0 Å². The highest BCUT2D eigenvalue weighted by Gasteiger charge is 2.29. The molecule has 2 heterocycles. The van der Waals surface area contributed by atoms with Crippen molar-refractivity contribution in [1.82, 2.24) is 0 Å². The van der Waals surface area contributed by atoms with E-state index in [2.05, 4.69) is 0 Å². The Bertz CT molecular complexity index is 157. The number of rotatable bonds is 1. The summed E-state index contributed by atoms with van der Waals surface area (Å²) in [7, 11) is 0. The number of alkyl halides is 1. The summed E-state index contributed by atoms with van der Waals surface area (Å²) in [6, 6.07) is 0. The van der Waals surface area contributed by atoms with Gasteiger partial charge in [0.2, 0.25) is 0 Å². The fourth-order valence-corrected chi connectivity index (χ4v) is 2.47. The zero-order valence-corrected chi connectivity index (χ0v) is 8.63. The molecule has 2 saturated heterocycles. The maximum Gasteiger partial charge on any atom is 0.0619 e. The minimum absolute atomic E-state index is 0.335. The van der Waals surface area contributed by atoms with Crippen molar-refractivity contribution >= 4 is 11.6 Å². The molecule has 0 saturated carbocycles. The van der Waals surface area contributed by atoms with Crippen molar-refractivity contribution in [3.63, 3.8) is 0 Å². The van der Waals surface area contributed by atoms with E-state index in [1.807, 2.05) is 0 Å². The van der Waals surface area contributed by atoms with Gasteiger partial charge in [0.25, 0.3) is 0 Å². The Hall–Kier alpha value is 0.210. The van der Waals surface area contributed by atoms with Gasteiger partial charge in [-0.25, -0.2) is 0 Å². The van der Waals surface area contributed by atoms with Gasteiger partial charge in [-0.05, 0) is 31.6 Å². The van der Waals surface area contributed by atoms with Crippen LogP contribution in [0.3, 0.4) is 0 Å². The van der Waals surface area contributed by atoms with E-state index in [9.17, 15) is 0 Å². The molecule has 2 nitrogen and oxygen atoms in total. The molecule has 13 heavy (non-hydrogen) atoms. The molecule has 0 aliphatic carbocycles. The average molecular weight is 205 g/mol. The second kappa shape index (κ2) is 4.63. The molecule has 0 aromatic rings. The second-order valence-corrected chi connectivity index (χ2v) is 4.60. The van der Waals surface area contributed by atoms with Crippen molar-refractivity contribution < 1.29 is 9.47 Å². The monoisotopic (exact) mass is 204 g/mol. The van der Waals surface area contributed by atoms with E-state index < -0.39 is 0 Å². The first-order valence-corrected chi connectivity index (χ1v) is 5.63. The van der Waals surface area contributed by atoms with Gasteiger partial charge < -0.3 is 9.47 Å². The summed E-state index contributed by atoms with van der Waals surface area (Å²) in [5.41, 5.74) is 0. The lowest BCUT2D eigenvalue weighted by Gasteiger charge is -2.34. The maximum absolute atomic E-state index is 6.12. The van der Waals surface area contributed by atoms with Crippen LogP contribution in [0.1, 0.15) is 25.7 Å². The average Bonchev–Trinajstić information content (AvgIpc) is 2.19. The van der Waals surface area contributed by atoms with Crippen LogP contribution in [0.15, 0.2) is 0 Å². The molecule has 0 bridgehead atoms. The van der Waals surface area contributed by atoms with Crippen molar-refractivity contribution in [3.05, 3.63) is 0 Å². The molecule has 2 unspecified atom stereocenters. The molecule has 3 heteroatoms. The first-order valence-electron chi connectivity index (χ1n) is 5.19. The van der Waals surface area contributed by atoms with Gasteiger partial charge >= 0.3 is 0 Å². The lowest BCUT2D eigenvalue weighted by Crippen LogP contribution is -2.35. The van der Waals surface area contributed by atoms with Crippen LogP contribution in [0.25, 0.3) is 0 Å². The molecule has 0 spiro atoms. The van der Waals surface area contributed by atoms with Crippen LogP contribution >= 0.6 is 11.6 Å². The quantitative estimate of drug-likeness (QED) is 0.610. The van der Waals surface area contributed by atoms with Gasteiger partial charge in [0.15, 0.2) is 0 Å². The second-order valence-electron chi connectivity index (χ2n) is 3.98. The predicted molar refractivity (Wildman–Crippen MR) is 52.2 cm³/mol. The topological polar surface area (TPSA) is 18.5 Å². The minimum Gasteiger partial charge on any atom is -0.381 e. The summed E-state index contributed by atoms with van der Waals surface area (Å²) >= 11 is 6.12. The number of hydrogen-bond acceptors (Lipinski definition) is 2. The largest absolute Gasteiger partial charge is 0.381 e. The molecule has 2 aliphatic rings. The van der Waals surface area contributed by atoms with Crippen molar-refractivity contribution in [2.24, 2.45) is 5.92 Å². The first kappa shape index (κ1) is 9.75. The molecule has 2 fully saturated rings. The van der Waals surface area contributed by atoms with Crippen LogP contribution in [-0.2, 0) is 9.47 Å². The van der Waals surface area contributed by atoms with Crippen LogP contribution in [-0.4, -0.2) is 31.3 Å². The van der Waals surface area contributed by atoms with Gasteiger partial charge in [-0.1, -0.05) is 0 Å². The Morgan fingerprint density at radius 1 is 1.00 bits per heavy atom. The molecule has 0 amide bonds. The van der Waals surface area contributed by atoms with Crippen molar-refractivity contribution in [2.75, 3.05) is 19.8 Å². The lowest BCUT2D eigenvalue weighted by atomic mass is 9.89. The third kappa shape index (κ3) is 2.58. The minimum atomic E-state index is 0.335. The summed E-state index contributed by atoms with van der Waals surface area (Å²) in [4.78, 5) is 0. The summed E-state index contributed by atoms with van der Waals surface area (Å²) in [6.45, 7) is 2.64. The Kier molecular flexibility index (Phi) is 3.47. The lowest BCUT2D eigenvalue weighted by molar-refractivity contribution is -0.0543. The van der Waals surface area contributed by atoms with Gasteiger partial charge in [0.05, 0.1) is 6.10 Å². The summed E-state index contributed by atoms with van der Waals surface area (Å²) < 4.78 is 11.1. The fraction of sp³-hybridized carbons (Fsp3) is 1.00. The molecule has 2 atom stereocenters. The number of hydrogen-bond donors (Lipinski definition) is 0. The molecule has 76 valence electrons. The molecule has 2 rings (SSSR count). The van der Waals surface area contributed by atoms with Gasteiger partial charge in [-0.15, -0.1) is 11.6 Å². The SMILES string of the molecule is ClC1CCOC(C2CCOCC2)C1. The normalized spacial score (nSPS) is 37.6. The smallest absolute Gasteiger partial charge is 0.0619 e. The molecular formula is C10H17ClO2. The Morgan fingerprint density at radius 3 is 2.46 bits per heavy atom. The van der Waals surface area contributed by atoms with Crippen LogP contribution in [0.2, 0.25) is 0 Å². The molecular weight excluding hydrogens is 188 g/mol. The highest BCUT2D eigenvalue weighted by molar-refractivity contribution is 6.20. The summed E-state index contributed by atoms with van der Waals surface area (Å²) in [5, 5.41) is 0.335. The predicted octanol–water partition coefficient (Wildman–Crippen LogP) is 2.20. The van der Waals surface area contributed by atoms with Gasteiger partial charge in [-0.2, -0.15) is 0 Å². The fourth-order valence-electron chi connectivity index (χ4n) is 2.20. The molecule has 2 aliphatic heterocycles. The van der Waals surface area contributed by atoms with Crippen LogP contribution in [0.5, 0.6) is 0 Å². The summed E-state index contributed by atoms with van der Waals surface area (Å²) in [6.07, 6.45) is 4.75. The zero-order valence-electron chi connectivity index (χ0n) is 7.88. The van der Waals surface area contributed by atoms with Gasteiger partial charge in [-0.3, -0.25) is 0 Å². The van der Waals surface area contributed by atoms with Crippen molar-refractivity contribution in [3.8, 4) is 0 Å². The van der Waals surface area contributed by atoms with Gasteiger partial charge in [0.1, 0.15) is 0 Å². The van der Waals surface area contributed by atoms with Crippen LogP contribution in [0, 0.1) is 5.92 Å². The third-order valence-corrected chi connectivity index (χ3v) is 3.44. The van der Waals surface area contributed by atoms with E-state index >= 15 is 0 Å². The molecule has 0 aromatic heterocycles. The van der Waals surface area contributed by atoms with E-state index in [0.29, 0.717) is 17.4 Å².